The number of anilines is 1. The van der Waals surface area contributed by atoms with E-state index >= 15 is 0 Å². The summed E-state index contributed by atoms with van der Waals surface area (Å²) >= 11 is 0. The van der Waals surface area contributed by atoms with Gasteiger partial charge >= 0.3 is 5.97 Å². The van der Waals surface area contributed by atoms with Crippen LogP contribution in [0.25, 0.3) is 0 Å². The number of carbonyl (C=O) groups excluding carboxylic acids is 3. The molecule has 29 heavy (non-hydrogen) atoms. The number of ketones is 1. The van der Waals surface area contributed by atoms with Crippen LogP contribution in [0, 0.1) is 13.8 Å². The lowest BCUT2D eigenvalue weighted by Gasteiger charge is -2.28. The van der Waals surface area contributed by atoms with Gasteiger partial charge in [-0.1, -0.05) is 12.1 Å². The minimum atomic E-state index is -0.521. The lowest BCUT2D eigenvalue weighted by atomic mass is 10.1. The first-order chi connectivity index (χ1) is 13.8. The largest absolute Gasteiger partial charge is 0.482 e. The minimum absolute atomic E-state index is 0.00162. The van der Waals surface area contributed by atoms with Crippen LogP contribution in [0.5, 0.6) is 5.75 Å². The van der Waals surface area contributed by atoms with Crippen molar-refractivity contribution in [2.45, 2.75) is 40.2 Å². The van der Waals surface area contributed by atoms with Gasteiger partial charge in [0, 0.05) is 29.5 Å². The average molecular weight is 398 g/mol. The van der Waals surface area contributed by atoms with Crippen molar-refractivity contribution < 1.29 is 23.9 Å². The summed E-state index contributed by atoms with van der Waals surface area (Å²) in [5, 5.41) is 0. The number of aryl methyl sites for hydroxylation is 1. The van der Waals surface area contributed by atoms with E-state index in [0.717, 1.165) is 11.4 Å². The number of hydrogen-bond acceptors (Lipinski definition) is 5. The summed E-state index contributed by atoms with van der Waals surface area (Å²) in [7, 11) is 0. The molecule has 2 heterocycles. The second-order valence-electron chi connectivity index (χ2n) is 7.38. The fourth-order valence-corrected chi connectivity index (χ4v) is 3.75. The zero-order chi connectivity index (χ0) is 21.1. The highest BCUT2D eigenvalue weighted by atomic mass is 16.5. The second kappa shape index (κ2) is 8.51. The number of aromatic nitrogens is 1. The highest BCUT2D eigenvalue weighted by Gasteiger charge is 2.26. The Kier molecular flexibility index (Phi) is 6.06. The molecule has 0 radical (unpaired) electrons. The zero-order valence-electron chi connectivity index (χ0n) is 17.2. The first kappa shape index (κ1) is 20.6. The molecular formula is C22H26N2O5. The SMILES string of the molecule is Cc1cc(C(=O)COC(=O)CCN2C(=O)COc3ccccc32)c(C)n1C(C)C. The molecular weight excluding hydrogens is 372 g/mol. The number of para-hydroxylation sites is 2. The topological polar surface area (TPSA) is 77.8 Å². The number of benzene rings is 1. The smallest absolute Gasteiger partial charge is 0.308 e. The Morgan fingerprint density at radius 3 is 2.62 bits per heavy atom. The molecule has 7 heteroatoms. The van der Waals surface area contributed by atoms with E-state index in [1.54, 1.807) is 18.2 Å². The van der Waals surface area contributed by atoms with Crippen molar-refractivity contribution in [1.29, 1.82) is 0 Å². The Hall–Kier alpha value is -3.09. The van der Waals surface area contributed by atoms with Crippen molar-refractivity contribution in [1.82, 2.24) is 4.57 Å². The predicted octanol–water partition coefficient (Wildman–Crippen LogP) is 3.23. The van der Waals surface area contributed by atoms with Crippen LogP contribution in [0.4, 0.5) is 5.69 Å². The normalized spacial score (nSPS) is 13.3. The molecule has 1 aliphatic rings. The molecule has 0 atom stereocenters. The van der Waals surface area contributed by atoms with Crippen LogP contribution in [-0.4, -0.2) is 42.0 Å². The van der Waals surface area contributed by atoms with E-state index in [0.29, 0.717) is 17.0 Å². The van der Waals surface area contributed by atoms with Gasteiger partial charge in [0.05, 0.1) is 12.1 Å². The number of esters is 1. The van der Waals surface area contributed by atoms with Gasteiger partial charge in [-0.3, -0.25) is 14.4 Å². The van der Waals surface area contributed by atoms with Gasteiger partial charge in [0.25, 0.3) is 5.91 Å². The summed E-state index contributed by atoms with van der Waals surface area (Å²) in [6, 6.07) is 9.24. The number of carbonyl (C=O) groups is 3. The van der Waals surface area contributed by atoms with E-state index < -0.39 is 5.97 Å². The van der Waals surface area contributed by atoms with Gasteiger partial charge in [0.15, 0.2) is 13.2 Å². The third-order valence-corrected chi connectivity index (χ3v) is 5.01. The lowest BCUT2D eigenvalue weighted by molar-refractivity contribution is -0.142. The number of hydrogen-bond donors (Lipinski definition) is 0. The van der Waals surface area contributed by atoms with Crippen LogP contribution in [-0.2, 0) is 14.3 Å². The molecule has 0 spiro atoms. The van der Waals surface area contributed by atoms with E-state index in [1.807, 2.05) is 26.0 Å². The fraction of sp³-hybridized carbons (Fsp3) is 0.409. The fourth-order valence-electron chi connectivity index (χ4n) is 3.75. The van der Waals surface area contributed by atoms with E-state index in [1.165, 1.54) is 4.90 Å². The Morgan fingerprint density at radius 1 is 1.21 bits per heavy atom. The van der Waals surface area contributed by atoms with Gasteiger partial charge in [-0.25, -0.2) is 0 Å². The molecule has 0 aliphatic carbocycles. The predicted molar refractivity (Wildman–Crippen MR) is 108 cm³/mol. The molecule has 0 unspecified atom stereocenters. The number of fused-ring (bicyclic) bond motifs is 1. The van der Waals surface area contributed by atoms with Gasteiger partial charge in [0.2, 0.25) is 5.78 Å². The molecule has 1 aliphatic heterocycles. The van der Waals surface area contributed by atoms with E-state index in [9.17, 15) is 14.4 Å². The van der Waals surface area contributed by atoms with E-state index in [-0.39, 0.29) is 43.9 Å². The summed E-state index contributed by atoms with van der Waals surface area (Å²) in [5.41, 5.74) is 3.07. The molecule has 0 saturated heterocycles. The lowest BCUT2D eigenvalue weighted by Crippen LogP contribution is -2.40. The maximum absolute atomic E-state index is 12.5. The molecule has 7 nitrogen and oxygen atoms in total. The molecule has 154 valence electrons. The summed E-state index contributed by atoms with van der Waals surface area (Å²) in [4.78, 5) is 38.3. The maximum Gasteiger partial charge on any atom is 0.308 e. The zero-order valence-corrected chi connectivity index (χ0v) is 17.2. The van der Waals surface area contributed by atoms with Gasteiger partial charge in [-0.05, 0) is 45.9 Å². The number of amides is 1. The molecule has 3 rings (SSSR count). The maximum atomic E-state index is 12.5. The number of Topliss-reactive ketones (excluding diaryl/α,β-unsaturated/α-hetero) is 1. The van der Waals surface area contributed by atoms with Gasteiger partial charge < -0.3 is 18.9 Å². The average Bonchev–Trinajstić information content (AvgIpc) is 2.99. The standard InChI is InChI=1S/C22H26N2O5/c1-14(2)24-15(3)11-17(16(24)4)19(25)12-29-22(27)9-10-23-18-7-5-6-8-20(18)28-13-21(23)26/h5-8,11,14H,9-10,12-13H2,1-4H3. The molecule has 0 bridgehead atoms. The summed E-state index contributed by atoms with van der Waals surface area (Å²) in [6.07, 6.45) is -0.00162. The Labute approximate surface area is 170 Å². The molecule has 2 aromatic rings. The van der Waals surface area contributed by atoms with Crippen molar-refractivity contribution in [3.8, 4) is 5.75 Å². The van der Waals surface area contributed by atoms with Crippen molar-refractivity contribution >= 4 is 23.3 Å². The van der Waals surface area contributed by atoms with Crippen molar-refractivity contribution in [3.05, 3.63) is 47.3 Å². The highest BCUT2D eigenvalue weighted by molar-refractivity contribution is 6.00. The van der Waals surface area contributed by atoms with Crippen LogP contribution < -0.4 is 9.64 Å². The molecule has 1 aromatic heterocycles. The molecule has 0 saturated carbocycles. The number of ether oxygens (including phenoxy) is 2. The number of nitrogens with zero attached hydrogens (tertiary/aromatic N) is 2. The Bertz CT molecular complexity index is 945. The molecule has 0 fully saturated rings. The Balaban J connectivity index is 1.57. The summed E-state index contributed by atoms with van der Waals surface area (Å²) in [5.74, 6) is -0.358. The molecule has 1 amide bonds. The third kappa shape index (κ3) is 4.34. The Morgan fingerprint density at radius 2 is 1.93 bits per heavy atom. The monoisotopic (exact) mass is 398 g/mol. The minimum Gasteiger partial charge on any atom is -0.482 e. The van der Waals surface area contributed by atoms with Gasteiger partial charge in [-0.2, -0.15) is 0 Å². The second-order valence-corrected chi connectivity index (χ2v) is 7.38. The molecule has 1 aromatic carbocycles. The summed E-state index contributed by atoms with van der Waals surface area (Å²) in [6.45, 7) is 7.76. The van der Waals surface area contributed by atoms with E-state index in [4.69, 9.17) is 9.47 Å². The van der Waals surface area contributed by atoms with Crippen molar-refractivity contribution in [3.63, 3.8) is 0 Å². The van der Waals surface area contributed by atoms with Crippen LogP contribution in [0.1, 0.15) is 48.1 Å². The quantitative estimate of drug-likeness (QED) is 0.529. The van der Waals surface area contributed by atoms with Crippen molar-refractivity contribution in [2.75, 3.05) is 24.7 Å². The molecule has 0 N–H and O–H groups in total. The van der Waals surface area contributed by atoms with Crippen LogP contribution in [0.3, 0.4) is 0 Å². The van der Waals surface area contributed by atoms with Crippen LogP contribution >= 0.6 is 0 Å². The van der Waals surface area contributed by atoms with E-state index in [2.05, 4.69) is 18.4 Å². The van der Waals surface area contributed by atoms with Crippen molar-refractivity contribution in [2.24, 2.45) is 0 Å². The first-order valence-electron chi connectivity index (χ1n) is 9.69. The van der Waals surface area contributed by atoms with Crippen LogP contribution in [0.15, 0.2) is 30.3 Å². The first-order valence-corrected chi connectivity index (χ1v) is 9.69. The highest BCUT2D eigenvalue weighted by Crippen LogP contribution is 2.31. The number of rotatable bonds is 7. The van der Waals surface area contributed by atoms with Gasteiger partial charge in [-0.15, -0.1) is 0 Å². The summed E-state index contributed by atoms with van der Waals surface area (Å²) < 4.78 is 12.6. The van der Waals surface area contributed by atoms with Crippen LogP contribution in [0.2, 0.25) is 0 Å². The third-order valence-electron chi connectivity index (χ3n) is 5.01. The van der Waals surface area contributed by atoms with Gasteiger partial charge in [0.1, 0.15) is 5.75 Å².